The lowest BCUT2D eigenvalue weighted by Gasteiger charge is -2.03. The summed E-state index contributed by atoms with van der Waals surface area (Å²) in [6.07, 6.45) is -0.216. The number of ether oxygens (including phenoxy) is 1. The van der Waals surface area contributed by atoms with Crippen LogP contribution in [0.4, 0.5) is 0 Å². The van der Waals surface area contributed by atoms with Crippen LogP contribution in [0.25, 0.3) is 0 Å². The van der Waals surface area contributed by atoms with Gasteiger partial charge < -0.3 is 9.84 Å². The van der Waals surface area contributed by atoms with E-state index in [0.717, 1.165) is 0 Å². The third kappa shape index (κ3) is 7.69. The number of nitrogens with one attached hydrogen (secondary N) is 1. The molecule has 0 heterocycles. The molecule has 0 saturated heterocycles. The maximum absolute atomic E-state index is 11.0. The van der Waals surface area contributed by atoms with Crippen molar-refractivity contribution in [3.05, 3.63) is 0 Å². The molecule has 0 unspecified atom stereocenters. The quantitative estimate of drug-likeness (QED) is 0.565. The molecule has 0 aliphatic heterocycles. The Kier molecular flexibility index (Phi) is 5.60. The number of carboxylic acids is 1. The largest absolute Gasteiger partial charge is 0.481 e. The fourth-order valence-corrected chi connectivity index (χ4v) is 1.52. The first-order valence-corrected chi connectivity index (χ1v) is 5.31. The van der Waals surface area contributed by atoms with E-state index in [2.05, 4.69) is 9.46 Å². The number of rotatable bonds is 7. The maximum atomic E-state index is 11.0. The predicted molar refractivity (Wildman–Crippen MR) is 45.9 cm³/mol. The molecule has 0 atom stereocenters. The molecule has 0 bridgehead atoms. The molecule has 0 aromatic carbocycles. The Labute approximate surface area is 76.9 Å². The van der Waals surface area contributed by atoms with Gasteiger partial charge in [-0.25, -0.2) is 13.1 Å². The van der Waals surface area contributed by atoms with Gasteiger partial charge in [-0.3, -0.25) is 4.79 Å². The minimum atomic E-state index is -3.38. The van der Waals surface area contributed by atoms with Crippen LogP contribution in [0, 0.1) is 0 Å². The second kappa shape index (κ2) is 5.90. The molecule has 0 aliphatic carbocycles. The molecule has 13 heavy (non-hydrogen) atoms. The Morgan fingerprint density at radius 3 is 2.62 bits per heavy atom. The van der Waals surface area contributed by atoms with Gasteiger partial charge in [-0.2, -0.15) is 0 Å². The zero-order valence-corrected chi connectivity index (χ0v) is 8.13. The number of carboxylic acid groups (broad SMARTS) is 1. The standard InChI is InChI=1S/C6H13NO5S/c1-12-4-5-13(10,11)7-3-2-6(8)9/h7H,2-5H2,1H3,(H,8,9). The van der Waals surface area contributed by atoms with E-state index < -0.39 is 16.0 Å². The highest BCUT2D eigenvalue weighted by Crippen LogP contribution is 1.85. The van der Waals surface area contributed by atoms with E-state index in [4.69, 9.17) is 5.11 Å². The molecule has 0 aromatic rings. The number of methoxy groups -OCH3 is 1. The van der Waals surface area contributed by atoms with Gasteiger partial charge in [-0.1, -0.05) is 0 Å². The van der Waals surface area contributed by atoms with Gasteiger partial charge >= 0.3 is 5.97 Å². The van der Waals surface area contributed by atoms with Crippen LogP contribution in [0.15, 0.2) is 0 Å². The maximum Gasteiger partial charge on any atom is 0.304 e. The van der Waals surface area contributed by atoms with E-state index in [-0.39, 0.29) is 25.3 Å². The van der Waals surface area contributed by atoms with Crippen LogP contribution in [-0.2, 0) is 19.6 Å². The van der Waals surface area contributed by atoms with Crippen molar-refractivity contribution in [2.75, 3.05) is 26.0 Å². The highest BCUT2D eigenvalue weighted by Gasteiger charge is 2.09. The zero-order chi connectivity index (χ0) is 10.3. The minimum absolute atomic E-state index is 0.0820. The third-order valence-electron chi connectivity index (χ3n) is 1.22. The van der Waals surface area contributed by atoms with Gasteiger partial charge in [0.1, 0.15) is 0 Å². The molecule has 7 heteroatoms. The molecule has 2 N–H and O–H groups in total. The predicted octanol–water partition coefficient (Wildman–Crippen LogP) is -0.973. The third-order valence-corrected chi connectivity index (χ3v) is 2.57. The molecule has 0 saturated carbocycles. The molecule has 6 nitrogen and oxygen atoms in total. The van der Waals surface area contributed by atoms with Gasteiger partial charge in [0.15, 0.2) is 0 Å². The first-order chi connectivity index (χ1) is 5.98. The van der Waals surface area contributed by atoms with Gasteiger partial charge in [0.05, 0.1) is 18.8 Å². The van der Waals surface area contributed by atoms with Crippen molar-refractivity contribution in [1.29, 1.82) is 0 Å². The van der Waals surface area contributed by atoms with Gasteiger partial charge in [0, 0.05) is 13.7 Å². The molecule has 0 rings (SSSR count). The molecule has 0 radical (unpaired) electrons. The van der Waals surface area contributed by atoms with E-state index in [1.165, 1.54) is 7.11 Å². The Hall–Kier alpha value is -0.660. The fourth-order valence-electron chi connectivity index (χ4n) is 0.579. The van der Waals surface area contributed by atoms with Crippen molar-refractivity contribution < 1.29 is 23.1 Å². The summed E-state index contributed by atoms with van der Waals surface area (Å²) < 4.78 is 28.7. The molecule has 0 aromatic heterocycles. The van der Waals surface area contributed by atoms with Crippen LogP contribution in [0.3, 0.4) is 0 Å². The number of aliphatic carboxylic acids is 1. The van der Waals surface area contributed by atoms with Crippen LogP contribution in [0.1, 0.15) is 6.42 Å². The Morgan fingerprint density at radius 1 is 1.54 bits per heavy atom. The van der Waals surface area contributed by atoms with E-state index in [0.29, 0.717) is 0 Å². The van der Waals surface area contributed by atoms with E-state index in [1.807, 2.05) is 0 Å². The number of carbonyl (C=O) groups is 1. The summed E-state index contributed by atoms with van der Waals surface area (Å²) in [6, 6.07) is 0. The average Bonchev–Trinajstić information content (AvgIpc) is 2.00. The monoisotopic (exact) mass is 211 g/mol. The highest BCUT2D eigenvalue weighted by atomic mass is 32.2. The van der Waals surface area contributed by atoms with Crippen LogP contribution < -0.4 is 4.72 Å². The number of hydrogen-bond acceptors (Lipinski definition) is 4. The molecular weight excluding hydrogens is 198 g/mol. The summed E-state index contributed by atoms with van der Waals surface area (Å²) in [5, 5.41) is 8.23. The first-order valence-electron chi connectivity index (χ1n) is 3.66. The Bertz CT molecular complexity index is 248. The lowest BCUT2D eigenvalue weighted by molar-refractivity contribution is -0.136. The van der Waals surface area contributed by atoms with Gasteiger partial charge in [-0.05, 0) is 0 Å². The summed E-state index contributed by atoms with van der Waals surface area (Å²) in [5.74, 6) is -1.18. The van der Waals surface area contributed by atoms with E-state index >= 15 is 0 Å². The van der Waals surface area contributed by atoms with Crippen molar-refractivity contribution in [2.45, 2.75) is 6.42 Å². The van der Waals surface area contributed by atoms with Crippen LogP contribution in [0.2, 0.25) is 0 Å². The van der Waals surface area contributed by atoms with Gasteiger partial charge in [0.25, 0.3) is 0 Å². The Balaban J connectivity index is 3.70. The second-order valence-corrected chi connectivity index (χ2v) is 4.28. The average molecular weight is 211 g/mol. The summed E-state index contributed by atoms with van der Waals surface area (Å²) >= 11 is 0. The second-order valence-electron chi connectivity index (χ2n) is 2.35. The molecule has 0 aliphatic rings. The smallest absolute Gasteiger partial charge is 0.304 e. The van der Waals surface area contributed by atoms with Crippen molar-refractivity contribution in [3.8, 4) is 0 Å². The first kappa shape index (κ1) is 12.3. The number of sulfonamides is 1. The van der Waals surface area contributed by atoms with Crippen molar-refractivity contribution in [1.82, 2.24) is 4.72 Å². The molecule has 0 amide bonds. The van der Waals surface area contributed by atoms with Crippen molar-refractivity contribution in [2.24, 2.45) is 0 Å². The van der Waals surface area contributed by atoms with Gasteiger partial charge in [0.2, 0.25) is 10.0 Å². The Morgan fingerprint density at radius 2 is 2.15 bits per heavy atom. The summed E-state index contributed by atoms with van der Waals surface area (Å²) in [7, 11) is -1.98. The SMILES string of the molecule is COCCS(=O)(=O)NCCC(=O)O. The van der Waals surface area contributed by atoms with Crippen LogP contribution in [0.5, 0.6) is 0 Å². The van der Waals surface area contributed by atoms with Crippen molar-refractivity contribution >= 4 is 16.0 Å². The molecule has 0 spiro atoms. The summed E-state index contributed by atoms with van der Waals surface area (Å²) in [5.41, 5.74) is 0. The zero-order valence-electron chi connectivity index (χ0n) is 7.32. The molecule has 78 valence electrons. The van der Waals surface area contributed by atoms with Gasteiger partial charge in [-0.15, -0.1) is 0 Å². The topological polar surface area (TPSA) is 92.7 Å². The molecular formula is C6H13NO5S. The van der Waals surface area contributed by atoms with E-state index in [1.54, 1.807) is 0 Å². The summed E-state index contributed by atoms with van der Waals surface area (Å²) in [4.78, 5) is 10.0. The highest BCUT2D eigenvalue weighted by molar-refractivity contribution is 7.89. The molecule has 0 fully saturated rings. The van der Waals surface area contributed by atoms with Crippen LogP contribution >= 0.6 is 0 Å². The van der Waals surface area contributed by atoms with E-state index in [9.17, 15) is 13.2 Å². The summed E-state index contributed by atoms with van der Waals surface area (Å²) in [6.45, 7) is 0.0176. The lowest BCUT2D eigenvalue weighted by atomic mass is 10.5. The minimum Gasteiger partial charge on any atom is -0.481 e. The number of hydrogen-bond donors (Lipinski definition) is 2. The lowest BCUT2D eigenvalue weighted by Crippen LogP contribution is -2.30. The normalized spacial score (nSPS) is 11.5. The fraction of sp³-hybridized carbons (Fsp3) is 0.833. The van der Waals surface area contributed by atoms with Crippen molar-refractivity contribution in [3.63, 3.8) is 0 Å². The van der Waals surface area contributed by atoms with Crippen LogP contribution in [-0.4, -0.2) is 45.5 Å².